The SMILES string of the molecule is Cc1ccc(F)cc1-c1ccc2c(c1)cc1n2CCNCC1. The average Bonchev–Trinajstić information content (AvgIpc) is 2.70. The van der Waals surface area contributed by atoms with E-state index in [1.54, 1.807) is 6.07 Å². The van der Waals surface area contributed by atoms with Crippen LogP contribution in [0.1, 0.15) is 11.3 Å². The summed E-state index contributed by atoms with van der Waals surface area (Å²) < 4.78 is 16.0. The van der Waals surface area contributed by atoms with Crippen molar-refractivity contribution in [2.24, 2.45) is 0 Å². The first-order valence-electron chi connectivity index (χ1n) is 7.82. The minimum absolute atomic E-state index is 0.181. The highest BCUT2D eigenvalue weighted by Gasteiger charge is 2.12. The highest BCUT2D eigenvalue weighted by atomic mass is 19.1. The third-order valence-electron chi connectivity index (χ3n) is 4.57. The zero-order valence-corrected chi connectivity index (χ0v) is 12.7. The molecule has 0 saturated heterocycles. The molecule has 3 heteroatoms. The third kappa shape index (κ3) is 2.22. The lowest BCUT2D eigenvalue weighted by Gasteiger charge is -2.08. The maximum Gasteiger partial charge on any atom is 0.123 e. The van der Waals surface area contributed by atoms with Gasteiger partial charge in [0.2, 0.25) is 0 Å². The van der Waals surface area contributed by atoms with Gasteiger partial charge in [0.15, 0.2) is 0 Å². The first-order valence-corrected chi connectivity index (χ1v) is 7.82. The van der Waals surface area contributed by atoms with Gasteiger partial charge in [-0.15, -0.1) is 0 Å². The molecule has 0 atom stereocenters. The van der Waals surface area contributed by atoms with Crippen LogP contribution in [-0.4, -0.2) is 17.7 Å². The van der Waals surface area contributed by atoms with Gasteiger partial charge in [-0.3, -0.25) is 0 Å². The van der Waals surface area contributed by atoms with Gasteiger partial charge in [0, 0.05) is 42.7 Å². The third-order valence-corrected chi connectivity index (χ3v) is 4.57. The smallest absolute Gasteiger partial charge is 0.123 e. The standard InChI is InChI=1S/C19H19FN2/c1-13-2-4-16(20)12-18(13)14-3-5-19-15(10-14)11-17-6-7-21-8-9-22(17)19/h2-5,10-12,21H,6-9H2,1H3. The fourth-order valence-corrected chi connectivity index (χ4v) is 3.40. The quantitative estimate of drug-likeness (QED) is 0.720. The molecule has 1 aromatic heterocycles. The van der Waals surface area contributed by atoms with Crippen LogP contribution in [0.2, 0.25) is 0 Å². The van der Waals surface area contributed by atoms with Gasteiger partial charge in [-0.25, -0.2) is 4.39 Å². The maximum atomic E-state index is 13.6. The molecule has 0 unspecified atom stereocenters. The number of fused-ring (bicyclic) bond motifs is 3. The minimum Gasteiger partial charge on any atom is -0.343 e. The van der Waals surface area contributed by atoms with E-state index in [0.717, 1.165) is 42.7 Å². The predicted molar refractivity (Wildman–Crippen MR) is 88.6 cm³/mol. The van der Waals surface area contributed by atoms with Crippen molar-refractivity contribution >= 4 is 10.9 Å². The number of nitrogens with zero attached hydrogens (tertiary/aromatic N) is 1. The molecule has 2 aromatic carbocycles. The molecule has 1 aliphatic rings. The Balaban J connectivity index is 1.86. The molecule has 3 aromatic rings. The van der Waals surface area contributed by atoms with Crippen LogP contribution in [0.3, 0.4) is 0 Å². The van der Waals surface area contributed by atoms with E-state index in [2.05, 4.69) is 34.1 Å². The van der Waals surface area contributed by atoms with Gasteiger partial charge < -0.3 is 9.88 Å². The second-order valence-corrected chi connectivity index (χ2v) is 6.02. The van der Waals surface area contributed by atoms with E-state index >= 15 is 0 Å². The van der Waals surface area contributed by atoms with Gasteiger partial charge in [0.25, 0.3) is 0 Å². The number of aryl methyl sites for hydroxylation is 1. The zero-order chi connectivity index (χ0) is 15.1. The Morgan fingerprint density at radius 1 is 1.05 bits per heavy atom. The Hall–Kier alpha value is -2.13. The van der Waals surface area contributed by atoms with Crippen LogP contribution in [0.4, 0.5) is 4.39 Å². The summed E-state index contributed by atoms with van der Waals surface area (Å²) in [4.78, 5) is 0. The van der Waals surface area contributed by atoms with E-state index in [9.17, 15) is 4.39 Å². The Bertz CT molecular complexity index is 848. The van der Waals surface area contributed by atoms with Gasteiger partial charge in [-0.05, 0) is 53.9 Å². The van der Waals surface area contributed by atoms with E-state index in [1.807, 2.05) is 13.0 Å². The van der Waals surface area contributed by atoms with Crippen molar-refractivity contribution in [1.82, 2.24) is 9.88 Å². The van der Waals surface area contributed by atoms with Crippen LogP contribution in [0.5, 0.6) is 0 Å². The summed E-state index contributed by atoms with van der Waals surface area (Å²) in [5.74, 6) is -0.181. The lowest BCUT2D eigenvalue weighted by Crippen LogP contribution is -2.17. The fourth-order valence-electron chi connectivity index (χ4n) is 3.40. The van der Waals surface area contributed by atoms with Gasteiger partial charge in [-0.1, -0.05) is 12.1 Å². The van der Waals surface area contributed by atoms with Crippen LogP contribution < -0.4 is 5.32 Å². The second kappa shape index (κ2) is 5.25. The van der Waals surface area contributed by atoms with Crippen molar-refractivity contribution in [3.05, 3.63) is 59.5 Å². The number of benzene rings is 2. The van der Waals surface area contributed by atoms with E-state index in [0.29, 0.717) is 0 Å². The molecule has 0 fully saturated rings. The number of halogens is 1. The number of aromatic nitrogens is 1. The number of hydrogen-bond donors (Lipinski definition) is 1. The molecule has 22 heavy (non-hydrogen) atoms. The summed E-state index contributed by atoms with van der Waals surface area (Å²) in [5, 5.41) is 4.68. The average molecular weight is 294 g/mol. The number of nitrogens with one attached hydrogen (secondary N) is 1. The molecular formula is C19H19FN2. The van der Waals surface area contributed by atoms with Gasteiger partial charge >= 0.3 is 0 Å². The number of rotatable bonds is 1. The maximum absolute atomic E-state index is 13.6. The molecule has 0 aliphatic carbocycles. The van der Waals surface area contributed by atoms with Gasteiger partial charge in [-0.2, -0.15) is 0 Å². The Morgan fingerprint density at radius 3 is 2.86 bits per heavy atom. The Morgan fingerprint density at radius 2 is 1.95 bits per heavy atom. The van der Waals surface area contributed by atoms with Crippen molar-refractivity contribution in [3.63, 3.8) is 0 Å². The molecule has 2 nitrogen and oxygen atoms in total. The summed E-state index contributed by atoms with van der Waals surface area (Å²) >= 11 is 0. The topological polar surface area (TPSA) is 17.0 Å². The molecule has 0 radical (unpaired) electrons. The largest absolute Gasteiger partial charge is 0.343 e. The van der Waals surface area contributed by atoms with Crippen molar-refractivity contribution in [2.45, 2.75) is 19.9 Å². The molecule has 112 valence electrons. The molecule has 0 amide bonds. The van der Waals surface area contributed by atoms with Crippen molar-refractivity contribution in [3.8, 4) is 11.1 Å². The monoisotopic (exact) mass is 294 g/mol. The Labute approximate surface area is 129 Å². The first kappa shape index (κ1) is 13.5. The molecule has 0 saturated carbocycles. The van der Waals surface area contributed by atoms with Gasteiger partial charge in [0.05, 0.1) is 0 Å². The van der Waals surface area contributed by atoms with E-state index in [-0.39, 0.29) is 5.82 Å². The highest BCUT2D eigenvalue weighted by molar-refractivity contribution is 5.87. The van der Waals surface area contributed by atoms with E-state index < -0.39 is 0 Å². The summed E-state index contributed by atoms with van der Waals surface area (Å²) in [6, 6.07) is 13.7. The molecule has 4 rings (SSSR count). The minimum atomic E-state index is -0.181. The first-order chi connectivity index (χ1) is 10.7. The van der Waals surface area contributed by atoms with Gasteiger partial charge in [0.1, 0.15) is 5.82 Å². The lowest BCUT2D eigenvalue weighted by atomic mass is 9.99. The second-order valence-electron chi connectivity index (χ2n) is 6.02. The fraction of sp³-hybridized carbons (Fsp3) is 0.263. The van der Waals surface area contributed by atoms with Crippen LogP contribution in [-0.2, 0) is 13.0 Å². The predicted octanol–water partition coefficient (Wildman–Crippen LogP) is 3.90. The van der Waals surface area contributed by atoms with Crippen LogP contribution in [0.15, 0.2) is 42.5 Å². The zero-order valence-electron chi connectivity index (χ0n) is 12.7. The van der Waals surface area contributed by atoms with Crippen LogP contribution >= 0.6 is 0 Å². The summed E-state index contributed by atoms with van der Waals surface area (Å²) in [6.07, 6.45) is 1.06. The molecule has 1 aliphatic heterocycles. The molecular weight excluding hydrogens is 275 g/mol. The highest BCUT2D eigenvalue weighted by Crippen LogP contribution is 2.29. The summed E-state index contributed by atoms with van der Waals surface area (Å²) in [7, 11) is 0. The molecule has 1 N–H and O–H groups in total. The number of hydrogen-bond acceptors (Lipinski definition) is 1. The molecule has 2 heterocycles. The van der Waals surface area contributed by atoms with Crippen LogP contribution in [0.25, 0.3) is 22.0 Å². The molecule has 0 spiro atoms. The van der Waals surface area contributed by atoms with Crippen molar-refractivity contribution in [1.29, 1.82) is 0 Å². The van der Waals surface area contributed by atoms with Crippen LogP contribution in [0, 0.1) is 12.7 Å². The van der Waals surface area contributed by atoms with E-state index in [1.165, 1.54) is 22.7 Å². The summed E-state index contributed by atoms with van der Waals surface area (Å²) in [5.41, 5.74) is 5.82. The summed E-state index contributed by atoms with van der Waals surface area (Å²) in [6.45, 7) is 5.09. The lowest BCUT2D eigenvalue weighted by molar-refractivity contribution is 0.628. The van der Waals surface area contributed by atoms with Crippen molar-refractivity contribution < 1.29 is 4.39 Å². The normalized spacial score (nSPS) is 14.8. The van der Waals surface area contributed by atoms with E-state index in [4.69, 9.17) is 0 Å². The molecule has 0 bridgehead atoms. The Kier molecular flexibility index (Phi) is 3.23. The van der Waals surface area contributed by atoms with Crippen molar-refractivity contribution in [2.75, 3.05) is 13.1 Å².